The maximum atomic E-state index is 13.5. The summed E-state index contributed by atoms with van der Waals surface area (Å²) in [6, 6.07) is 13.1. The Labute approximate surface area is 187 Å². The van der Waals surface area contributed by atoms with Crippen molar-refractivity contribution < 1.29 is 14.1 Å². The molecule has 0 aromatic heterocycles. The fraction of sp³-hybridized carbons (Fsp3) is 0.435. The van der Waals surface area contributed by atoms with Gasteiger partial charge >= 0.3 is 0 Å². The largest absolute Gasteiger partial charge is 0.379 e. The molecular weight excluding hydrogens is 413 g/mol. The summed E-state index contributed by atoms with van der Waals surface area (Å²) in [4.78, 5) is 17.4. The van der Waals surface area contributed by atoms with E-state index in [0.29, 0.717) is 32.3 Å². The summed E-state index contributed by atoms with van der Waals surface area (Å²) in [5.74, 6) is 0.419. The standard InChI is InChI=1S/C23H30FN5O3/c1-2-11-25-23(26-16-18-3-9-21(10-4-18)29(30)31)27-17-22(28-12-14-32-15-13-28)19-5-7-20(24)8-6-19/h3-10,22H,2,11-17H2,1H3,(H2,25,26,27). The first kappa shape index (κ1) is 23.6. The van der Waals surface area contributed by atoms with Crippen LogP contribution in [0.25, 0.3) is 0 Å². The summed E-state index contributed by atoms with van der Waals surface area (Å²) in [6.45, 7) is 6.81. The molecule has 2 aromatic rings. The van der Waals surface area contributed by atoms with Crippen LogP contribution in [0.2, 0.25) is 0 Å². The molecule has 0 saturated carbocycles. The van der Waals surface area contributed by atoms with Gasteiger partial charge in [0, 0.05) is 38.3 Å². The van der Waals surface area contributed by atoms with Gasteiger partial charge in [0.2, 0.25) is 0 Å². The molecule has 32 heavy (non-hydrogen) atoms. The van der Waals surface area contributed by atoms with Gasteiger partial charge in [-0.3, -0.25) is 15.0 Å². The number of guanidine groups is 1. The Bertz CT molecular complexity index is 884. The van der Waals surface area contributed by atoms with Crippen molar-refractivity contribution in [1.29, 1.82) is 0 Å². The molecule has 1 fully saturated rings. The van der Waals surface area contributed by atoms with Crippen molar-refractivity contribution in [2.24, 2.45) is 4.99 Å². The van der Waals surface area contributed by atoms with Crippen molar-refractivity contribution in [3.63, 3.8) is 0 Å². The molecule has 0 bridgehead atoms. The molecule has 1 atom stereocenters. The van der Waals surface area contributed by atoms with Crippen molar-refractivity contribution in [2.75, 3.05) is 39.4 Å². The Hall–Kier alpha value is -3.04. The number of aliphatic imine (C=N–C) groups is 1. The van der Waals surface area contributed by atoms with E-state index in [1.54, 1.807) is 12.1 Å². The predicted molar refractivity (Wildman–Crippen MR) is 122 cm³/mol. The van der Waals surface area contributed by atoms with Crippen LogP contribution in [0.5, 0.6) is 0 Å². The number of rotatable bonds is 9. The highest BCUT2D eigenvalue weighted by Gasteiger charge is 2.23. The molecule has 9 heteroatoms. The highest BCUT2D eigenvalue weighted by atomic mass is 19.1. The molecule has 0 spiro atoms. The number of hydrogen-bond acceptors (Lipinski definition) is 5. The fourth-order valence-electron chi connectivity index (χ4n) is 3.54. The number of nitro benzene ring substituents is 1. The lowest BCUT2D eigenvalue weighted by Crippen LogP contribution is -2.46. The number of hydrogen-bond donors (Lipinski definition) is 2. The maximum Gasteiger partial charge on any atom is 0.269 e. The summed E-state index contributed by atoms with van der Waals surface area (Å²) in [5, 5.41) is 17.6. The SMILES string of the molecule is CCCNC(=NCc1ccc([N+](=O)[O-])cc1)NCC(c1ccc(F)cc1)N1CCOCC1. The van der Waals surface area contributed by atoms with Gasteiger partial charge in [-0.15, -0.1) is 0 Å². The van der Waals surface area contributed by atoms with Gasteiger partial charge in [0.05, 0.1) is 30.7 Å². The first-order valence-electron chi connectivity index (χ1n) is 10.9. The van der Waals surface area contributed by atoms with Crippen LogP contribution in [0.15, 0.2) is 53.5 Å². The van der Waals surface area contributed by atoms with Crippen LogP contribution in [0.3, 0.4) is 0 Å². The molecule has 3 rings (SSSR count). The van der Waals surface area contributed by atoms with E-state index in [-0.39, 0.29) is 17.5 Å². The van der Waals surface area contributed by atoms with Crippen molar-refractivity contribution >= 4 is 11.6 Å². The Morgan fingerprint density at radius 1 is 1.16 bits per heavy atom. The van der Waals surface area contributed by atoms with Gasteiger partial charge in [-0.05, 0) is 29.7 Å². The zero-order chi connectivity index (χ0) is 22.8. The summed E-state index contributed by atoms with van der Waals surface area (Å²) in [5.41, 5.74) is 1.98. The van der Waals surface area contributed by atoms with E-state index in [1.165, 1.54) is 24.3 Å². The van der Waals surface area contributed by atoms with E-state index in [0.717, 1.165) is 37.2 Å². The Kier molecular flexibility index (Phi) is 8.94. The minimum atomic E-state index is -0.413. The fourth-order valence-corrected chi connectivity index (χ4v) is 3.54. The van der Waals surface area contributed by atoms with Crippen LogP contribution in [-0.4, -0.2) is 55.2 Å². The zero-order valence-electron chi connectivity index (χ0n) is 18.3. The third-order valence-electron chi connectivity index (χ3n) is 5.31. The minimum absolute atomic E-state index is 0.0486. The molecule has 0 aliphatic carbocycles. The molecule has 8 nitrogen and oxygen atoms in total. The van der Waals surface area contributed by atoms with Gasteiger partial charge in [0.15, 0.2) is 5.96 Å². The monoisotopic (exact) mass is 443 g/mol. The van der Waals surface area contributed by atoms with Crippen molar-refractivity contribution in [3.05, 3.63) is 75.6 Å². The van der Waals surface area contributed by atoms with Crippen LogP contribution >= 0.6 is 0 Å². The highest BCUT2D eigenvalue weighted by molar-refractivity contribution is 5.79. The lowest BCUT2D eigenvalue weighted by Gasteiger charge is -2.35. The Morgan fingerprint density at radius 2 is 1.84 bits per heavy atom. The molecule has 1 saturated heterocycles. The minimum Gasteiger partial charge on any atom is -0.379 e. The van der Waals surface area contributed by atoms with E-state index in [2.05, 4.69) is 27.4 Å². The van der Waals surface area contributed by atoms with Gasteiger partial charge in [0.1, 0.15) is 5.82 Å². The molecule has 1 heterocycles. The van der Waals surface area contributed by atoms with E-state index in [9.17, 15) is 14.5 Å². The van der Waals surface area contributed by atoms with Crippen LogP contribution in [0.4, 0.5) is 10.1 Å². The maximum absolute atomic E-state index is 13.5. The molecule has 1 aliphatic heterocycles. The topological polar surface area (TPSA) is 92.0 Å². The average molecular weight is 444 g/mol. The average Bonchev–Trinajstić information content (AvgIpc) is 2.82. The molecule has 2 aromatic carbocycles. The Morgan fingerprint density at radius 3 is 2.47 bits per heavy atom. The van der Waals surface area contributed by atoms with Gasteiger partial charge in [-0.25, -0.2) is 9.38 Å². The number of nitrogens with one attached hydrogen (secondary N) is 2. The summed E-state index contributed by atoms with van der Waals surface area (Å²) >= 11 is 0. The number of morpholine rings is 1. The van der Waals surface area contributed by atoms with E-state index < -0.39 is 4.92 Å². The normalized spacial score (nSPS) is 15.9. The second-order valence-electron chi connectivity index (χ2n) is 7.61. The van der Waals surface area contributed by atoms with E-state index >= 15 is 0 Å². The predicted octanol–water partition coefficient (Wildman–Crippen LogP) is 3.25. The lowest BCUT2D eigenvalue weighted by atomic mass is 10.0. The quantitative estimate of drug-likeness (QED) is 0.268. The second kappa shape index (κ2) is 12.1. The van der Waals surface area contributed by atoms with Crippen molar-refractivity contribution in [1.82, 2.24) is 15.5 Å². The summed E-state index contributed by atoms with van der Waals surface area (Å²) in [7, 11) is 0. The lowest BCUT2D eigenvalue weighted by molar-refractivity contribution is -0.384. The molecule has 1 aliphatic rings. The highest BCUT2D eigenvalue weighted by Crippen LogP contribution is 2.21. The first-order chi connectivity index (χ1) is 15.6. The smallest absolute Gasteiger partial charge is 0.269 e. The van der Waals surface area contributed by atoms with Gasteiger partial charge in [0.25, 0.3) is 5.69 Å². The van der Waals surface area contributed by atoms with Crippen molar-refractivity contribution in [3.8, 4) is 0 Å². The molecule has 0 amide bonds. The van der Waals surface area contributed by atoms with Crippen LogP contribution in [-0.2, 0) is 11.3 Å². The van der Waals surface area contributed by atoms with Crippen molar-refractivity contribution in [2.45, 2.75) is 25.9 Å². The van der Waals surface area contributed by atoms with E-state index in [1.807, 2.05) is 12.1 Å². The molecule has 2 N–H and O–H groups in total. The van der Waals surface area contributed by atoms with Gasteiger partial charge in [-0.2, -0.15) is 0 Å². The number of benzene rings is 2. The molecule has 0 radical (unpaired) electrons. The summed E-state index contributed by atoms with van der Waals surface area (Å²) < 4.78 is 19.0. The van der Waals surface area contributed by atoms with Crippen LogP contribution in [0, 0.1) is 15.9 Å². The number of nitrogens with zero attached hydrogens (tertiary/aromatic N) is 3. The van der Waals surface area contributed by atoms with Crippen LogP contribution in [0.1, 0.15) is 30.5 Å². The van der Waals surface area contributed by atoms with Gasteiger partial charge < -0.3 is 15.4 Å². The first-order valence-corrected chi connectivity index (χ1v) is 10.9. The second-order valence-corrected chi connectivity index (χ2v) is 7.61. The summed E-state index contributed by atoms with van der Waals surface area (Å²) in [6.07, 6.45) is 0.948. The molecule has 172 valence electrons. The Balaban J connectivity index is 1.70. The molecular formula is C23H30FN5O3. The third-order valence-corrected chi connectivity index (χ3v) is 5.31. The number of non-ortho nitro benzene ring substituents is 1. The molecule has 1 unspecified atom stereocenters. The zero-order valence-corrected chi connectivity index (χ0v) is 18.3. The third kappa shape index (κ3) is 7.00. The van der Waals surface area contributed by atoms with E-state index in [4.69, 9.17) is 4.74 Å². The van der Waals surface area contributed by atoms with Crippen LogP contribution < -0.4 is 10.6 Å². The number of halogens is 1. The number of ether oxygens (including phenoxy) is 1. The number of nitro groups is 1. The van der Waals surface area contributed by atoms with Gasteiger partial charge in [-0.1, -0.05) is 31.2 Å².